The zero-order valence-electron chi connectivity index (χ0n) is 16.2. The number of nitrogens with zero attached hydrogens (tertiary/aromatic N) is 3. The van der Waals surface area contributed by atoms with Crippen LogP contribution < -0.4 is 0 Å². The number of aromatic nitrogens is 2. The number of fused-ring (bicyclic) bond motifs is 1. The van der Waals surface area contributed by atoms with Crippen molar-refractivity contribution in [1.82, 2.24) is 15.0 Å². The molecule has 3 heterocycles. The van der Waals surface area contributed by atoms with Gasteiger partial charge in [0.1, 0.15) is 0 Å². The minimum atomic E-state index is 0.151. The minimum absolute atomic E-state index is 0.151. The van der Waals surface area contributed by atoms with Crippen molar-refractivity contribution >= 4 is 5.91 Å². The lowest BCUT2D eigenvalue weighted by Crippen LogP contribution is -2.55. The van der Waals surface area contributed by atoms with Crippen LogP contribution in [0.1, 0.15) is 39.0 Å². The molecule has 0 unspecified atom stereocenters. The Kier molecular flexibility index (Phi) is 4.58. The van der Waals surface area contributed by atoms with E-state index in [1.165, 1.54) is 0 Å². The first-order valence-electron chi connectivity index (χ1n) is 9.57. The number of carbonyl (C=O) groups is 1. The first kappa shape index (κ1) is 18.2. The summed E-state index contributed by atoms with van der Waals surface area (Å²) in [5.41, 5.74) is 0.442. The number of furan rings is 1. The van der Waals surface area contributed by atoms with Gasteiger partial charge < -0.3 is 18.6 Å². The average Bonchev–Trinajstić information content (AvgIpc) is 3.33. The van der Waals surface area contributed by atoms with Gasteiger partial charge >= 0.3 is 0 Å². The van der Waals surface area contributed by atoms with Gasteiger partial charge in [0.25, 0.3) is 0 Å². The minimum Gasteiger partial charge on any atom is -0.461 e. The molecule has 1 saturated carbocycles. The summed E-state index contributed by atoms with van der Waals surface area (Å²) in [7, 11) is 1.75. The highest BCUT2D eigenvalue weighted by Gasteiger charge is 2.63. The molecule has 1 aliphatic heterocycles. The van der Waals surface area contributed by atoms with Gasteiger partial charge in [-0.1, -0.05) is 19.0 Å². The van der Waals surface area contributed by atoms with E-state index in [0.717, 1.165) is 26.1 Å². The number of likely N-dealkylation sites (tertiary alicyclic amines) is 1. The molecular weight excluding hydrogens is 346 g/mol. The van der Waals surface area contributed by atoms with E-state index in [2.05, 4.69) is 24.0 Å². The number of carbonyl (C=O) groups excluding carboxylic acids is 1. The lowest BCUT2D eigenvalue weighted by atomic mass is 9.48. The van der Waals surface area contributed by atoms with E-state index in [9.17, 15) is 4.79 Å². The summed E-state index contributed by atoms with van der Waals surface area (Å²) in [6.45, 7) is 7.00. The van der Waals surface area contributed by atoms with Crippen LogP contribution in [0.4, 0.5) is 0 Å². The monoisotopic (exact) mass is 373 g/mol. The van der Waals surface area contributed by atoms with Crippen molar-refractivity contribution in [3.63, 3.8) is 0 Å². The van der Waals surface area contributed by atoms with Crippen molar-refractivity contribution in [2.45, 2.75) is 39.5 Å². The Morgan fingerprint density at radius 1 is 1.44 bits per heavy atom. The molecule has 0 bridgehead atoms. The van der Waals surface area contributed by atoms with Gasteiger partial charge in [0.05, 0.1) is 12.9 Å². The Morgan fingerprint density at radius 2 is 2.30 bits per heavy atom. The van der Waals surface area contributed by atoms with Gasteiger partial charge in [-0.15, -0.1) is 0 Å². The number of ether oxygens (including phenoxy) is 1. The Hall–Kier alpha value is -2.15. The molecule has 0 N–H and O–H groups in total. The number of aryl methyl sites for hydroxylation is 1. The lowest BCUT2D eigenvalue weighted by Gasteiger charge is -2.56. The van der Waals surface area contributed by atoms with Gasteiger partial charge in [-0.05, 0) is 36.3 Å². The Labute approximate surface area is 159 Å². The zero-order valence-corrected chi connectivity index (χ0v) is 16.2. The maximum atomic E-state index is 12.7. The largest absolute Gasteiger partial charge is 0.461 e. The molecule has 7 nitrogen and oxygen atoms in total. The van der Waals surface area contributed by atoms with Gasteiger partial charge in [0.2, 0.25) is 17.6 Å². The summed E-state index contributed by atoms with van der Waals surface area (Å²) in [6, 6.07) is 3.57. The number of hydrogen-bond acceptors (Lipinski definition) is 6. The molecule has 0 aromatic carbocycles. The molecule has 2 aromatic rings. The third-order valence-electron chi connectivity index (χ3n) is 6.17. The van der Waals surface area contributed by atoms with E-state index in [1.807, 2.05) is 4.90 Å². The van der Waals surface area contributed by atoms with E-state index >= 15 is 0 Å². The normalized spacial score (nSPS) is 26.0. The predicted molar refractivity (Wildman–Crippen MR) is 97.7 cm³/mol. The molecule has 2 aliphatic rings. The van der Waals surface area contributed by atoms with E-state index < -0.39 is 0 Å². The SMILES string of the molecule is COC[C@@]12CN(C(=O)CCCc3nc(-c4ccco4)no3)C[C@@H]1C(C)(C)C2. The van der Waals surface area contributed by atoms with Crippen LogP contribution >= 0.6 is 0 Å². The third kappa shape index (κ3) is 3.29. The highest BCUT2D eigenvalue weighted by atomic mass is 16.5. The van der Waals surface area contributed by atoms with Crippen LogP contribution in [0.3, 0.4) is 0 Å². The second kappa shape index (κ2) is 6.78. The number of amides is 1. The van der Waals surface area contributed by atoms with Crippen LogP contribution in [0.25, 0.3) is 11.6 Å². The molecule has 2 atom stereocenters. The Balaban J connectivity index is 1.29. The zero-order chi connectivity index (χ0) is 19.1. The van der Waals surface area contributed by atoms with Crippen molar-refractivity contribution < 1.29 is 18.5 Å². The standard InChI is InChI=1S/C20H27N3O4/c1-19(2)11-20(13-25-3)12-23(10-15(19)20)17(24)8-4-7-16-21-18(22-27-16)14-6-5-9-26-14/h5-6,9,15H,4,7-8,10-13H2,1-3H3/t15-,20-/m1/s1. The van der Waals surface area contributed by atoms with Crippen molar-refractivity contribution in [2.24, 2.45) is 16.7 Å². The first-order chi connectivity index (χ1) is 12.9. The Bertz CT molecular complexity index is 798. The van der Waals surface area contributed by atoms with Crippen molar-refractivity contribution in [3.8, 4) is 11.6 Å². The third-order valence-corrected chi connectivity index (χ3v) is 6.17. The molecule has 2 fully saturated rings. The summed E-state index contributed by atoms with van der Waals surface area (Å²) in [5.74, 6) is 2.30. The molecule has 0 radical (unpaired) electrons. The van der Waals surface area contributed by atoms with Crippen LogP contribution in [-0.2, 0) is 16.0 Å². The molecule has 7 heteroatoms. The lowest BCUT2D eigenvalue weighted by molar-refractivity contribution is -0.131. The molecule has 1 saturated heterocycles. The summed E-state index contributed by atoms with van der Waals surface area (Å²) in [6.07, 6.45) is 4.48. The summed E-state index contributed by atoms with van der Waals surface area (Å²) in [4.78, 5) is 19.1. The predicted octanol–water partition coefficient (Wildman–Crippen LogP) is 3.17. The molecule has 27 heavy (non-hydrogen) atoms. The topological polar surface area (TPSA) is 81.6 Å². The second-order valence-electron chi connectivity index (χ2n) is 8.63. The Morgan fingerprint density at radius 3 is 3.00 bits per heavy atom. The molecule has 2 aromatic heterocycles. The van der Waals surface area contributed by atoms with Gasteiger partial charge in [0.15, 0.2) is 5.76 Å². The molecule has 146 valence electrons. The summed E-state index contributed by atoms with van der Waals surface area (Å²) >= 11 is 0. The van der Waals surface area contributed by atoms with Crippen LogP contribution in [-0.4, -0.2) is 47.8 Å². The quantitative estimate of drug-likeness (QED) is 0.741. The molecule has 4 rings (SSSR count). The highest BCUT2D eigenvalue weighted by Crippen LogP contribution is 2.62. The molecular formula is C20H27N3O4. The van der Waals surface area contributed by atoms with E-state index in [0.29, 0.717) is 48.1 Å². The number of rotatable bonds is 7. The maximum Gasteiger partial charge on any atom is 0.238 e. The molecule has 1 aliphatic carbocycles. The van der Waals surface area contributed by atoms with E-state index in [4.69, 9.17) is 13.7 Å². The fourth-order valence-electron chi connectivity index (χ4n) is 5.21. The van der Waals surface area contributed by atoms with Gasteiger partial charge in [-0.2, -0.15) is 4.98 Å². The maximum absolute atomic E-state index is 12.7. The van der Waals surface area contributed by atoms with Gasteiger partial charge in [-0.25, -0.2) is 0 Å². The van der Waals surface area contributed by atoms with Crippen molar-refractivity contribution in [3.05, 3.63) is 24.3 Å². The van der Waals surface area contributed by atoms with Crippen LogP contribution in [0.15, 0.2) is 27.3 Å². The number of methoxy groups -OCH3 is 1. The summed E-state index contributed by atoms with van der Waals surface area (Å²) in [5, 5.41) is 3.92. The second-order valence-corrected chi connectivity index (χ2v) is 8.63. The summed E-state index contributed by atoms with van der Waals surface area (Å²) < 4.78 is 16.0. The van der Waals surface area contributed by atoms with E-state index in [-0.39, 0.29) is 11.3 Å². The molecule has 0 spiro atoms. The van der Waals surface area contributed by atoms with Crippen LogP contribution in [0.2, 0.25) is 0 Å². The fourth-order valence-corrected chi connectivity index (χ4v) is 5.21. The van der Waals surface area contributed by atoms with Gasteiger partial charge in [0, 0.05) is 38.5 Å². The van der Waals surface area contributed by atoms with Gasteiger partial charge in [-0.3, -0.25) is 4.79 Å². The fraction of sp³-hybridized carbons (Fsp3) is 0.650. The highest BCUT2D eigenvalue weighted by molar-refractivity contribution is 5.76. The first-order valence-corrected chi connectivity index (χ1v) is 9.57. The van der Waals surface area contributed by atoms with Crippen molar-refractivity contribution in [2.75, 3.05) is 26.8 Å². The number of hydrogen-bond donors (Lipinski definition) is 0. The van der Waals surface area contributed by atoms with Crippen LogP contribution in [0, 0.1) is 16.7 Å². The smallest absolute Gasteiger partial charge is 0.238 e. The van der Waals surface area contributed by atoms with Crippen molar-refractivity contribution in [1.29, 1.82) is 0 Å². The van der Waals surface area contributed by atoms with Crippen LogP contribution in [0.5, 0.6) is 0 Å². The van der Waals surface area contributed by atoms with E-state index in [1.54, 1.807) is 25.5 Å². The average molecular weight is 373 g/mol. The molecule has 1 amide bonds.